The number of esters is 2. The van der Waals surface area contributed by atoms with Gasteiger partial charge in [-0.3, -0.25) is 23.2 Å². The van der Waals surface area contributed by atoms with Crippen molar-refractivity contribution in [1.29, 1.82) is 0 Å². The van der Waals surface area contributed by atoms with Crippen LogP contribution in [0.2, 0.25) is 0 Å². The summed E-state index contributed by atoms with van der Waals surface area (Å²) < 4.78 is 53.5. The smallest absolute Gasteiger partial charge is 0.462 e. The molecule has 0 spiro atoms. The normalized spacial score (nSPS) is 18.4. The van der Waals surface area contributed by atoms with Gasteiger partial charge in [-0.15, -0.1) is 0 Å². The third kappa shape index (κ3) is 35.6. The van der Waals surface area contributed by atoms with Gasteiger partial charge in [0, 0.05) is 12.8 Å². The zero-order valence-corrected chi connectivity index (χ0v) is 38.0. The first-order valence-corrected chi connectivity index (χ1v) is 25.2. The molecule has 6 atom stereocenters. The number of carbonyl (C=O) groups is 2. The summed E-state index contributed by atoms with van der Waals surface area (Å²) in [6.45, 7) is 3.99. The summed E-state index contributed by atoms with van der Waals surface area (Å²) in [5, 5.41) is 9.75. The van der Waals surface area contributed by atoms with Crippen LogP contribution in [0.3, 0.4) is 0 Å². The molecule has 4 unspecified atom stereocenters. The van der Waals surface area contributed by atoms with E-state index in [1.165, 1.54) is 70.6 Å². The van der Waals surface area contributed by atoms with Crippen LogP contribution in [0.1, 0.15) is 168 Å². The zero-order chi connectivity index (χ0) is 43.6. The van der Waals surface area contributed by atoms with Crippen molar-refractivity contribution in [2.75, 3.05) is 26.4 Å². The van der Waals surface area contributed by atoms with Crippen LogP contribution in [-0.2, 0) is 46.5 Å². The van der Waals surface area contributed by atoms with Crippen LogP contribution in [0.25, 0.3) is 0 Å². The standard InChI is InChI=1S/C43H78O14P2/c1-4-6-7-8-9-12-16-19-24-29-40-41(57-40)30-25-21-22-27-32-43(46)56-39(36-55-59(50,51)54-34-38(44)33-53-58(47,48)49)35-52-42(45)31-26-20-17-14-11-10-13-15-18-23-28-37(3)5-2/h9,12,19,21,24-25,37-41,44H,4-8,10-11,13-18,20,22-23,26-36H2,1-3H3,(H,50,51)(H2,47,48,49)/b12-9-,24-19-,25-21-/t37?,38-,39+,40?,41?/m0/s1. The van der Waals surface area contributed by atoms with Crippen molar-refractivity contribution in [3.8, 4) is 0 Å². The van der Waals surface area contributed by atoms with Gasteiger partial charge in [0.1, 0.15) is 12.7 Å². The molecule has 344 valence electrons. The lowest BCUT2D eigenvalue weighted by Crippen LogP contribution is -2.29. The minimum absolute atomic E-state index is 0.0481. The number of carbonyl (C=O) groups excluding carboxylic acids is 2. The third-order valence-electron chi connectivity index (χ3n) is 9.96. The number of aliphatic hydroxyl groups excluding tert-OH is 1. The second-order valence-electron chi connectivity index (χ2n) is 15.6. The lowest BCUT2D eigenvalue weighted by atomic mass is 9.99. The lowest BCUT2D eigenvalue weighted by molar-refractivity contribution is -0.161. The minimum Gasteiger partial charge on any atom is -0.462 e. The Morgan fingerprint density at radius 1 is 0.644 bits per heavy atom. The molecule has 1 heterocycles. The van der Waals surface area contributed by atoms with Crippen LogP contribution in [-0.4, -0.2) is 82.6 Å². The van der Waals surface area contributed by atoms with Gasteiger partial charge < -0.3 is 34.0 Å². The molecular formula is C43H78O14P2. The highest BCUT2D eigenvalue weighted by Gasteiger charge is 2.36. The predicted molar refractivity (Wildman–Crippen MR) is 229 cm³/mol. The molecule has 0 aliphatic carbocycles. The molecule has 1 rings (SSSR count). The SMILES string of the molecule is CCCCC/C=C\C/C=C\CC1OC1C/C=C\CCCC(=O)O[C@H](COC(=O)CCCCCCCCCCCCC(C)CC)COP(=O)(O)OC[C@@H](O)COP(=O)(O)O. The molecule has 0 saturated carbocycles. The molecule has 1 aliphatic heterocycles. The molecular weight excluding hydrogens is 802 g/mol. The molecule has 1 saturated heterocycles. The molecule has 0 aromatic heterocycles. The van der Waals surface area contributed by atoms with E-state index in [1.807, 2.05) is 12.2 Å². The molecule has 0 bridgehead atoms. The fraction of sp³-hybridized carbons (Fsp3) is 0.814. The van der Waals surface area contributed by atoms with E-state index in [-0.39, 0.29) is 25.0 Å². The molecule has 0 radical (unpaired) electrons. The molecule has 0 amide bonds. The molecule has 4 N–H and O–H groups in total. The van der Waals surface area contributed by atoms with Crippen LogP contribution < -0.4 is 0 Å². The number of phosphoric ester groups is 2. The number of ether oxygens (including phenoxy) is 3. The monoisotopic (exact) mass is 880 g/mol. The molecule has 1 aliphatic rings. The van der Waals surface area contributed by atoms with Crippen LogP contribution in [0.5, 0.6) is 0 Å². The number of phosphoric acid groups is 2. The van der Waals surface area contributed by atoms with Crippen molar-refractivity contribution in [3.63, 3.8) is 0 Å². The van der Waals surface area contributed by atoms with Crippen LogP contribution in [0.15, 0.2) is 36.5 Å². The predicted octanol–water partition coefficient (Wildman–Crippen LogP) is 10.1. The van der Waals surface area contributed by atoms with Gasteiger partial charge in [-0.2, -0.15) is 0 Å². The Morgan fingerprint density at radius 3 is 1.83 bits per heavy atom. The zero-order valence-electron chi connectivity index (χ0n) is 36.2. The van der Waals surface area contributed by atoms with Gasteiger partial charge in [-0.25, -0.2) is 9.13 Å². The first-order chi connectivity index (χ1) is 28.2. The van der Waals surface area contributed by atoms with E-state index in [2.05, 4.69) is 54.1 Å². The second kappa shape index (κ2) is 34.8. The van der Waals surface area contributed by atoms with E-state index in [9.17, 15) is 28.7 Å². The summed E-state index contributed by atoms with van der Waals surface area (Å²) >= 11 is 0. The van der Waals surface area contributed by atoms with Crippen molar-refractivity contribution >= 4 is 27.6 Å². The Labute approximate surface area is 354 Å². The van der Waals surface area contributed by atoms with Crippen LogP contribution >= 0.6 is 15.6 Å². The Balaban J connectivity index is 2.41. The third-order valence-corrected chi connectivity index (χ3v) is 11.4. The lowest BCUT2D eigenvalue weighted by Gasteiger charge is -2.20. The number of aliphatic hydroxyl groups is 1. The average molecular weight is 881 g/mol. The summed E-state index contributed by atoms with van der Waals surface area (Å²) in [6.07, 6.45) is 33.1. The van der Waals surface area contributed by atoms with E-state index in [0.29, 0.717) is 19.3 Å². The molecule has 14 nitrogen and oxygen atoms in total. The molecule has 59 heavy (non-hydrogen) atoms. The van der Waals surface area contributed by atoms with Crippen LogP contribution in [0, 0.1) is 5.92 Å². The Kier molecular flexibility index (Phi) is 32.7. The summed E-state index contributed by atoms with van der Waals surface area (Å²) in [5.41, 5.74) is 0. The largest absolute Gasteiger partial charge is 0.472 e. The maximum Gasteiger partial charge on any atom is 0.472 e. The molecule has 0 aromatic rings. The average Bonchev–Trinajstić information content (AvgIpc) is 3.95. The van der Waals surface area contributed by atoms with Gasteiger partial charge in [-0.05, 0) is 57.3 Å². The Bertz CT molecular complexity index is 1270. The highest BCUT2D eigenvalue weighted by atomic mass is 31.2. The molecule has 0 aromatic carbocycles. The van der Waals surface area contributed by atoms with Crippen molar-refractivity contribution in [1.82, 2.24) is 0 Å². The molecule has 16 heteroatoms. The van der Waals surface area contributed by atoms with Crippen molar-refractivity contribution in [2.45, 2.75) is 193 Å². The van der Waals surface area contributed by atoms with Gasteiger partial charge in [0.2, 0.25) is 0 Å². The van der Waals surface area contributed by atoms with Crippen molar-refractivity contribution in [2.24, 2.45) is 5.92 Å². The van der Waals surface area contributed by atoms with Gasteiger partial charge in [0.15, 0.2) is 6.10 Å². The summed E-state index contributed by atoms with van der Waals surface area (Å²) in [6, 6.07) is 0. The number of epoxide rings is 1. The summed E-state index contributed by atoms with van der Waals surface area (Å²) in [5.74, 6) is -0.282. The van der Waals surface area contributed by atoms with E-state index in [4.69, 9.17) is 28.5 Å². The van der Waals surface area contributed by atoms with Crippen molar-refractivity contribution < 1.29 is 66.3 Å². The topological polar surface area (TPSA) is 208 Å². The minimum atomic E-state index is -4.87. The second-order valence-corrected chi connectivity index (χ2v) is 18.3. The first kappa shape index (κ1) is 55.3. The highest BCUT2D eigenvalue weighted by Crippen LogP contribution is 2.44. The fourth-order valence-electron chi connectivity index (χ4n) is 6.06. The van der Waals surface area contributed by atoms with E-state index < -0.39 is 66.2 Å². The number of rotatable bonds is 40. The maximum absolute atomic E-state index is 12.7. The number of hydrogen-bond donors (Lipinski definition) is 4. The number of unbranched alkanes of at least 4 members (excludes halogenated alkanes) is 13. The van der Waals surface area contributed by atoms with E-state index in [1.54, 1.807) is 0 Å². The van der Waals surface area contributed by atoms with E-state index in [0.717, 1.165) is 50.9 Å². The van der Waals surface area contributed by atoms with Crippen molar-refractivity contribution in [3.05, 3.63) is 36.5 Å². The highest BCUT2D eigenvalue weighted by molar-refractivity contribution is 7.47. The van der Waals surface area contributed by atoms with Gasteiger partial charge in [-0.1, -0.05) is 141 Å². The summed E-state index contributed by atoms with van der Waals surface area (Å²) in [4.78, 5) is 52.7. The fourth-order valence-corrected chi connectivity index (χ4v) is 7.22. The molecule has 1 fully saturated rings. The Morgan fingerprint density at radius 2 is 1.19 bits per heavy atom. The maximum atomic E-state index is 12.7. The van der Waals surface area contributed by atoms with Crippen LogP contribution in [0.4, 0.5) is 0 Å². The quantitative estimate of drug-likeness (QED) is 0.0149. The van der Waals surface area contributed by atoms with Gasteiger partial charge in [0.05, 0.1) is 32.0 Å². The van der Waals surface area contributed by atoms with Gasteiger partial charge in [0.25, 0.3) is 0 Å². The number of allylic oxidation sites excluding steroid dienone is 4. The Hall–Kier alpha value is -1.70. The van der Waals surface area contributed by atoms with Gasteiger partial charge >= 0.3 is 27.6 Å². The number of hydrogen-bond acceptors (Lipinski definition) is 11. The summed E-state index contributed by atoms with van der Waals surface area (Å²) in [7, 11) is -9.70. The van der Waals surface area contributed by atoms with E-state index >= 15 is 0 Å². The first-order valence-electron chi connectivity index (χ1n) is 22.2.